The Hall–Kier alpha value is -2.40. The average Bonchev–Trinajstić information content (AvgIpc) is 2.91. The monoisotopic (exact) mass is 297 g/mol. The molecule has 3 aromatic rings. The van der Waals surface area contributed by atoms with Gasteiger partial charge in [0.1, 0.15) is 0 Å². The summed E-state index contributed by atoms with van der Waals surface area (Å²) in [4.78, 5) is 16.6. The van der Waals surface area contributed by atoms with Crippen LogP contribution in [0.15, 0.2) is 53.6 Å². The fourth-order valence-corrected chi connectivity index (χ4v) is 2.61. The Labute approximate surface area is 126 Å². The number of anilines is 2. The number of H-pyrrole nitrogens is 1. The maximum Gasteiger partial charge on any atom is 0.257 e. The molecular weight excluding hydrogens is 282 g/mol. The number of thioether (sulfide) groups is 1. The molecule has 0 saturated carbocycles. The van der Waals surface area contributed by atoms with Crippen molar-refractivity contribution < 1.29 is 4.79 Å². The van der Waals surface area contributed by atoms with Gasteiger partial charge in [-0.15, -0.1) is 11.8 Å². The molecule has 4 N–H and O–H groups in total. The molecule has 0 radical (unpaired) electrons. The van der Waals surface area contributed by atoms with Gasteiger partial charge in [-0.25, -0.2) is 0 Å². The van der Waals surface area contributed by atoms with Crippen LogP contribution in [-0.4, -0.2) is 17.1 Å². The molecule has 0 aliphatic rings. The topological polar surface area (TPSA) is 70.9 Å². The number of amides is 1. The summed E-state index contributed by atoms with van der Waals surface area (Å²) in [6.45, 7) is 0. The van der Waals surface area contributed by atoms with Crippen molar-refractivity contribution in [3.8, 4) is 0 Å². The van der Waals surface area contributed by atoms with Crippen molar-refractivity contribution in [2.45, 2.75) is 4.90 Å². The lowest BCUT2D eigenvalue weighted by molar-refractivity contribution is 0.102. The summed E-state index contributed by atoms with van der Waals surface area (Å²) in [5.41, 5.74) is 8.69. The highest BCUT2D eigenvalue weighted by Gasteiger charge is 2.12. The minimum atomic E-state index is -0.149. The van der Waals surface area contributed by atoms with E-state index in [1.807, 2.05) is 42.7 Å². The van der Waals surface area contributed by atoms with Crippen molar-refractivity contribution >= 4 is 39.9 Å². The molecule has 5 heteroatoms. The molecule has 3 rings (SSSR count). The van der Waals surface area contributed by atoms with Crippen LogP contribution in [0.25, 0.3) is 10.9 Å². The van der Waals surface area contributed by atoms with E-state index >= 15 is 0 Å². The van der Waals surface area contributed by atoms with Crippen LogP contribution in [0.2, 0.25) is 0 Å². The Morgan fingerprint density at radius 2 is 1.95 bits per heavy atom. The molecule has 106 valence electrons. The van der Waals surface area contributed by atoms with Crippen molar-refractivity contribution in [3.63, 3.8) is 0 Å². The lowest BCUT2D eigenvalue weighted by atomic mass is 10.1. The van der Waals surface area contributed by atoms with Gasteiger partial charge < -0.3 is 16.0 Å². The van der Waals surface area contributed by atoms with Gasteiger partial charge in [0.15, 0.2) is 0 Å². The second-order valence-corrected chi connectivity index (χ2v) is 5.57. The standard InChI is InChI=1S/C16H15N3OS/c1-21-12-5-3-11(4-6-12)19-16(20)14-9-18-15-7-2-10(17)8-13(14)15/h2-9,18H,17H2,1H3,(H,19,20). The highest BCUT2D eigenvalue weighted by molar-refractivity contribution is 7.98. The van der Waals surface area contributed by atoms with Crippen molar-refractivity contribution in [1.29, 1.82) is 0 Å². The van der Waals surface area contributed by atoms with E-state index in [-0.39, 0.29) is 5.91 Å². The first-order valence-electron chi connectivity index (χ1n) is 6.49. The molecule has 4 nitrogen and oxygen atoms in total. The highest BCUT2D eigenvalue weighted by Crippen LogP contribution is 2.23. The lowest BCUT2D eigenvalue weighted by Crippen LogP contribution is -2.11. The normalized spacial score (nSPS) is 10.7. The van der Waals surface area contributed by atoms with Crippen LogP contribution in [-0.2, 0) is 0 Å². The molecule has 0 spiro atoms. The number of hydrogen-bond donors (Lipinski definition) is 3. The van der Waals surface area contributed by atoms with Gasteiger partial charge in [-0.1, -0.05) is 0 Å². The van der Waals surface area contributed by atoms with Crippen molar-refractivity contribution in [2.75, 3.05) is 17.3 Å². The number of nitrogen functional groups attached to an aromatic ring is 1. The summed E-state index contributed by atoms with van der Waals surface area (Å²) >= 11 is 1.67. The van der Waals surface area contributed by atoms with E-state index in [4.69, 9.17) is 5.73 Å². The first-order chi connectivity index (χ1) is 10.2. The molecule has 0 unspecified atom stereocenters. The number of aromatic amines is 1. The molecule has 0 bridgehead atoms. The molecule has 0 aliphatic heterocycles. The Balaban J connectivity index is 1.87. The molecule has 0 atom stereocenters. The largest absolute Gasteiger partial charge is 0.399 e. The molecule has 0 fully saturated rings. The van der Waals surface area contributed by atoms with E-state index in [1.54, 1.807) is 24.0 Å². The van der Waals surface area contributed by atoms with Gasteiger partial charge in [0.2, 0.25) is 0 Å². The van der Waals surface area contributed by atoms with Crippen molar-refractivity contribution in [1.82, 2.24) is 4.98 Å². The van der Waals surface area contributed by atoms with E-state index in [9.17, 15) is 4.79 Å². The van der Waals surface area contributed by atoms with Crippen LogP contribution < -0.4 is 11.1 Å². The predicted octanol–water partition coefficient (Wildman–Crippen LogP) is 3.72. The van der Waals surface area contributed by atoms with E-state index in [0.717, 1.165) is 21.5 Å². The third kappa shape index (κ3) is 2.73. The van der Waals surface area contributed by atoms with Crippen LogP contribution >= 0.6 is 11.8 Å². The number of nitrogens with one attached hydrogen (secondary N) is 2. The highest BCUT2D eigenvalue weighted by atomic mass is 32.2. The third-order valence-electron chi connectivity index (χ3n) is 3.30. The maximum absolute atomic E-state index is 12.4. The van der Waals surface area contributed by atoms with Crippen LogP contribution in [0.4, 0.5) is 11.4 Å². The first-order valence-corrected chi connectivity index (χ1v) is 7.72. The maximum atomic E-state index is 12.4. The molecular formula is C16H15N3OS. The SMILES string of the molecule is CSc1ccc(NC(=O)c2c[nH]c3ccc(N)cc23)cc1. The Kier molecular flexibility index (Phi) is 3.58. The van der Waals surface area contributed by atoms with Gasteiger partial charge in [0, 0.05) is 33.4 Å². The lowest BCUT2D eigenvalue weighted by Gasteiger charge is -2.05. The minimum absolute atomic E-state index is 0.149. The van der Waals surface area contributed by atoms with Gasteiger partial charge >= 0.3 is 0 Å². The second kappa shape index (κ2) is 5.54. The van der Waals surface area contributed by atoms with E-state index < -0.39 is 0 Å². The van der Waals surface area contributed by atoms with Gasteiger partial charge in [0.25, 0.3) is 5.91 Å². The van der Waals surface area contributed by atoms with E-state index in [2.05, 4.69) is 10.3 Å². The molecule has 0 saturated heterocycles. The van der Waals surface area contributed by atoms with Gasteiger partial charge in [-0.2, -0.15) is 0 Å². The minimum Gasteiger partial charge on any atom is -0.399 e. The number of nitrogens with two attached hydrogens (primary N) is 1. The number of hydrogen-bond acceptors (Lipinski definition) is 3. The summed E-state index contributed by atoms with van der Waals surface area (Å²) in [5.74, 6) is -0.149. The number of rotatable bonds is 3. The first kappa shape index (κ1) is 13.6. The summed E-state index contributed by atoms with van der Waals surface area (Å²) < 4.78 is 0. The summed E-state index contributed by atoms with van der Waals surface area (Å²) in [7, 11) is 0. The van der Waals surface area contributed by atoms with Gasteiger partial charge in [0.05, 0.1) is 5.56 Å². The Morgan fingerprint density at radius 3 is 2.67 bits per heavy atom. The third-order valence-corrected chi connectivity index (χ3v) is 4.04. The fourth-order valence-electron chi connectivity index (χ4n) is 2.20. The van der Waals surface area contributed by atoms with E-state index in [0.29, 0.717) is 11.3 Å². The second-order valence-electron chi connectivity index (χ2n) is 4.69. The summed E-state index contributed by atoms with van der Waals surface area (Å²) in [5, 5.41) is 3.73. The summed E-state index contributed by atoms with van der Waals surface area (Å²) in [6.07, 6.45) is 3.72. The molecule has 21 heavy (non-hydrogen) atoms. The number of carbonyl (C=O) groups excluding carboxylic acids is 1. The van der Waals surface area contributed by atoms with Gasteiger partial charge in [-0.05, 0) is 48.7 Å². The smallest absolute Gasteiger partial charge is 0.257 e. The Bertz CT molecular complexity index is 793. The van der Waals surface area contributed by atoms with E-state index in [1.165, 1.54) is 0 Å². The van der Waals surface area contributed by atoms with Crippen LogP contribution in [0.1, 0.15) is 10.4 Å². The molecule has 1 heterocycles. The van der Waals surface area contributed by atoms with Crippen molar-refractivity contribution in [3.05, 3.63) is 54.2 Å². The zero-order chi connectivity index (χ0) is 14.8. The quantitative estimate of drug-likeness (QED) is 0.509. The van der Waals surface area contributed by atoms with Gasteiger partial charge in [-0.3, -0.25) is 4.79 Å². The Morgan fingerprint density at radius 1 is 1.19 bits per heavy atom. The predicted molar refractivity (Wildman–Crippen MR) is 88.9 cm³/mol. The average molecular weight is 297 g/mol. The summed E-state index contributed by atoms with van der Waals surface area (Å²) in [6, 6.07) is 13.2. The number of fused-ring (bicyclic) bond motifs is 1. The number of carbonyl (C=O) groups is 1. The zero-order valence-electron chi connectivity index (χ0n) is 11.5. The molecule has 2 aromatic carbocycles. The number of benzene rings is 2. The van der Waals surface area contributed by atoms with Crippen LogP contribution in [0.5, 0.6) is 0 Å². The van der Waals surface area contributed by atoms with Crippen LogP contribution in [0, 0.1) is 0 Å². The van der Waals surface area contributed by atoms with Crippen LogP contribution in [0.3, 0.4) is 0 Å². The molecule has 1 amide bonds. The number of aromatic nitrogens is 1. The fraction of sp³-hybridized carbons (Fsp3) is 0.0625. The zero-order valence-corrected chi connectivity index (χ0v) is 12.3. The van der Waals surface area contributed by atoms with Crippen molar-refractivity contribution in [2.24, 2.45) is 0 Å². The molecule has 1 aromatic heterocycles. The molecule has 0 aliphatic carbocycles.